The lowest BCUT2D eigenvalue weighted by molar-refractivity contribution is 0.525. The summed E-state index contributed by atoms with van der Waals surface area (Å²) in [6.45, 7) is 4.88. The van der Waals surface area contributed by atoms with E-state index in [1.807, 2.05) is 26.1 Å². The van der Waals surface area contributed by atoms with Crippen LogP contribution in [0.25, 0.3) is 0 Å². The van der Waals surface area contributed by atoms with Crippen LogP contribution in [0.15, 0.2) is 36.7 Å². The number of hydrogen-bond donors (Lipinski definition) is 1. The van der Waals surface area contributed by atoms with Crippen LogP contribution in [0.1, 0.15) is 29.7 Å². The number of pyridine rings is 1. The average Bonchev–Trinajstić information content (AvgIpc) is 2.44. The molecule has 0 amide bonds. The van der Waals surface area contributed by atoms with Gasteiger partial charge in [0.15, 0.2) is 0 Å². The number of rotatable bonds is 5. The lowest BCUT2D eigenvalue weighted by Gasteiger charge is -2.20. The largest absolute Gasteiger partial charge is 0.310 e. The summed E-state index contributed by atoms with van der Waals surface area (Å²) in [5.74, 6) is -0.335. The van der Waals surface area contributed by atoms with Crippen LogP contribution in [0.2, 0.25) is 5.02 Å². The number of likely N-dealkylation sites (N-methyl/N-ethyl adjacent to an activating group) is 1. The van der Waals surface area contributed by atoms with Gasteiger partial charge in [-0.3, -0.25) is 4.98 Å². The van der Waals surface area contributed by atoms with Gasteiger partial charge in [-0.05, 0) is 48.7 Å². The van der Waals surface area contributed by atoms with Gasteiger partial charge in [0.2, 0.25) is 0 Å². The van der Waals surface area contributed by atoms with Gasteiger partial charge >= 0.3 is 0 Å². The highest BCUT2D eigenvalue weighted by Gasteiger charge is 2.16. The van der Waals surface area contributed by atoms with E-state index in [2.05, 4.69) is 10.3 Å². The maximum absolute atomic E-state index is 14.0. The van der Waals surface area contributed by atoms with Crippen molar-refractivity contribution < 1.29 is 4.39 Å². The Kier molecular flexibility index (Phi) is 5.10. The molecule has 0 fully saturated rings. The molecule has 0 saturated carbocycles. The summed E-state index contributed by atoms with van der Waals surface area (Å²) in [7, 11) is 0. The van der Waals surface area contributed by atoms with Crippen molar-refractivity contribution in [3.05, 3.63) is 64.2 Å². The highest BCUT2D eigenvalue weighted by molar-refractivity contribution is 6.30. The van der Waals surface area contributed by atoms with Crippen molar-refractivity contribution in [2.24, 2.45) is 0 Å². The first-order valence-electron chi connectivity index (χ1n) is 6.70. The molecule has 0 spiro atoms. The predicted octanol–water partition coefficient (Wildman–Crippen LogP) is 4.08. The van der Waals surface area contributed by atoms with Crippen LogP contribution in [0, 0.1) is 12.7 Å². The Bertz CT molecular complexity index is 586. The summed E-state index contributed by atoms with van der Waals surface area (Å²) in [5, 5.41) is 3.55. The number of aromatic nitrogens is 1. The van der Waals surface area contributed by atoms with E-state index in [4.69, 9.17) is 11.6 Å². The van der Waals surface area contributed by atoms with Gasteiger partial charge in [0, 0.05) is 18.4 Å². The molecule has 1 atom stereocenters. The van der Waals surface area contributed by atoms with E-state index < -0.39 is 0 Å². The number of nitrogens with one attached hydrogen (secondary N) is 1. The molecular weight excluding hydrogens is 275 g/mol. The molecule has 0 aliphatic carbocycles. The van der Waals surface area contributed by atoms with Crippen molar-refractivity contribution >= 4 is 11.6 Å². The summed E-state index contributed by atoms with van der Waals surface area (Å²) in [6, 6.07) is 7.12. The maximum Gasteiger partial charge on any atom is 0.145 e. The summed E-state index contributed by atoms with van der Waals surface area (Å²) >= 11 is 5.84. The highest BCUT2D eigenvalue weighted by Crippen LogP contribution is 2.25. The zero-order valence-corrected chi connectivity index (χ0v) is 12.4. The maximum atomic E-state index is 14.0. The topological polar surface area (TPSA) is 24.9 Å². The second-order valence-electron chi connectivity index (χ2n) is 4.76. The van der Waals surface area contributed by atoms with Crippen LogP contribution >= 0.6 is 11.6 Å². The van der Waals surface area contributed by atoms with Crippen LogP contribution in [0.5, 0.6) is 0 Å². The number of halogens is 2. The van der Waals surface area contributed by atoms with E-state index in [1.54, 1.807) is 24.4 Å². The lowest BCUT2D eigenvalue weighted by Crippen LogP contribution is -2.24. The van der Waals surface area contributed by atoms with Crippen molar-refractivity contribution in [2.75, 3.05) is 6.54 Å². The summed E-state index contributed by atoms with van der Waals surface area (Å²) in [6.07, 6.45) is 4.15. The van der Waals surface area contributed by atoms with Gasteiger partial charge in [-0.1, -0.05) is 30.7 Å². The molecule has 2 nitrogen and oxygen atoms in total. The van der Waals surface area contributed by atoms with Crippen LogP contribution in [-0.2, 0) is 6.42 Å². The van der Waals surface area contributed by atoms with E-state index in [1.165, 1.54) is 0 Å². The van der Waals surface area contributed by atoms with E-state index in [-0.39, 0.29) is 16.9 Å². The molecule has 0 saturated heterocycles. The smallest absolute Gasteiger partial charge is 0.145 e. The van der Waals surface area contributed by atoms with Crippen molar-refractivity contribution in [3.8, 4) is 0 Å². The van der Waals surface area contributed by atoms with E-state index >= 15 is 0 Å². The minimum atomic E-state index is -0.335. The van der Waals surface area contributed by atoms with Crippen molar-refractivity contribution in [1.29, 1.82) is 0 Å². The zero-order valence-electron chi connectivity index (χ0n) is 11.7. The van der Waals surface area contributed by atoms with Gasteiger partial charge in [-0.2, -0.15) is 0 Å². The first-order chi connectivity index (χ1) is 9.63. The van der Waals surface area contributed by atoms with Crippen LogP contribution in [0.3, 0.4) is 0 Å². The monoisotopic (exact) mass is 292 g/mol. The first-order valence-corrected chi connectivity index (χ1v) is 7.08. The molecule has 1 heterocycles. The fourth-order valence-corrected chi connectivity index (χ4v) is 2.50. The van der Waals surface area contributed by atoms with Crippen molar-refractivity contribution in [3.63, 3.8) is 0 Å². The molecule has 106 valence electrons. The molecule has 1 aromatic carbocycles. The number of benzene rings is 1. The van der Waals surface area contributed by atoms with Crippen LogP contribution in [0.4, 0.5) is 4.39 Å². The summed E-state index contributed by atoms with van der Waals surface area (Å²) < 4.78 is 14.0. The Morgan fingerprint density at radius 1 is 1.35 bits per heavy atom. The van der Waals surface area contributed by atoms with Gasteiger partial charge < -0.3 is 5.32 Å². The Hall–Kier alpha value is -1.45. The van der Waals surface area contributed by atoms with Gasteiger partial charge in [-0.15, -0.1) is 0 Å². The third-order valence-electron chi connectivity index (χ3n) is 3.36. The normalized spacial score (nSPS) is 12.4. The number of nitrogens with zero attached hydrogens (tertiary/aromatic N) is 1. The second-order valence-corrected chi connectivity index (χ2v) is 5.17. The molecule has 20 heavy (non-hydrogen) atoms. The molecule has 0 radical (unpaired) electrons. The molecule has 2 aromatic rings. The standard InChI is InChI=1S/C16H18ClFN2/c1-3-20-15(13-10-19-8-7-11(13)2)9-12-5-4-6-14(17)16(12)18/h4-8,10,15,20H,3,9H2,1-2H3. The molecule has 1 unspecified atom stereocenters. The molecule has 4 heteroatoms. The van der Waals surface area contributed by atoms with Crippen molar-refractivity contribution in [1.82, 2.24) is 10.3 Å². The second kappa shape index (κ2) is 6.82. The minimum Gasteiger partial charge on any atom is -0.310 e. The predicted molar refractivity (Wildman–Crippen MR) is 80.5 cm³/mol. The molecule has 1 N–H and O–H groups in total. The summed E-state index contributed by atoms with van der Waals surface area (Å²) in [5.41, 5.74) is 2.86. The van der Waals surface area contributed by atoms with E-state index in [9.17, 15) is 4.39 Å². The highest BCUT2D eigenvalue weighted by atomic mass is 35.5. The fourth-order valence-electron chi connectivity index (χ4n) is 2.31. The quantitative estimate of drug-likeness (QED) is 0.898. The first kappa shape index (κ1) is 14.9. The minimum absolute atomic E-state index is 0.0293. The van der Waals surface area contributed by atoms with Crippen LogP contribution in [-0.4, -0.2) is 11.5 Å². The summed E-state index contributed by atoms with van der Waals surface area (Å²) in [4.78, 5) is 4.17. The molecule has 0 aliphatic rings. The Morgan fingerprint density at radius 2 is 2.15 bits per heavy atom. The van der Waals surface area contributed by atoms with Gasteiger partial charge in [0.25, 0.3) is 0 Å². The van der Waals surface area contributed by atoms with Gasteiger partial charge in [0.1, 0.15) is 5.82 Å². The van der Waals surface area contributed by atoms with Gasteiger partial charge in [-0.25, -0.2) is 4.39 Å². The van der Waals surface area contributed by atoms with Crippen molar-refractivity contribution in [2.45, 2.75) is 26.3 Å². The SMILES string of the molecule is CCNC(Cc1cccc(Cl)c1F)c1cnccc1C. The fraction of sp³-hybridized carbons (Fsp3) is 0.312. The Morgan fingerprint density at radius 3 is 2.85 bits per heavy atom. The van der Waals surface area contributed by atoms with Crippen LogP contribution < -0.4 is 5.32 Å². The Labute approximate surface area is 124 Å². The zero-order chi connectivity index (χ0) is 14.5. The van der Waals surface area contributed by atoms with Gasteiger partial charge in [0.05, 0.1) is 5.02 Å². The third kappa shape index (κ3) is 3.35. The lowest BCUT2D eigenvalue weighted by atomic mass is 9.96. The molecule has 2 rings (SSSR count). The molecular formula is C16H18ClFN2. The van der Waals surface area contributed by atoms with E-state index in [0.29, 0.717) is 12.0 Å². The molecule has 1 aromatic heterocycles. The van der Waals surface area contributed by atoms with E-state index in [0.717, 1.165) is 17.7 Å². The number of hydrogen-bond acceptors (Lipinski definition) is 2. The molecule has 0 bridgehead atoms. The average molecular weight is 293 g/mol. The third-order valence-corrected chi connectivity index (χ3v) is 3.65. The Balaban J connectivity index is 2.31. The molecule has 0 aliphatic heterocycles. The number of aryl methyl sites for hydroxylation is 1.